The molecule has 0 saturated heterocycles. The van der Waals surface area contributed by atoms with Crippen molar-refractivity contribution in [3.63, 3.8) is 0 Å². The monoisotopic (exact) mass is 317 g/mol. The molecule has 0 fully saturated rings. The second-order valence-corrected chi connectivity index (χ2v) is 4.97. The van der Waals surface area contributed by atoms with E-state index >= 15 is 0 Å². The summed E-state index contributed by atoms with van der Waals surface area (Å²) < 4.78 is 37.6. The van der Waals surface area contributed by atoms with Crippen molar-refractivity contribution in [3.8, 4) is 0 Å². The molecule has 1 aromatic rings. The molecule has 5 nitrogen and oxygen atoms in total. The van der Waals surface area contributed by atoms with Crippen LogP contribution in [0.3, 0.4) is 0 Å². The van der Waals surface area contributed by atoms with Crippen LogP contribution in [-0.4, -0.2) is 42.6 Å². The Morgan fingerprint density at radius 2 is 1.82 bits per heavy atom. The number of aryl methyl sites for hydroxylation is 1. The Morgan fingerprint density at radius 3 is 2.32 bits per heavy atom. The van der Waals surface area contributed by atoms with Crippen LogP contribution in [0.2, 0.25) is 0 Å². The lowest BCUT2D eigenvalue weighted by Crippen LogP contribution is -2.45. The number of urea groups is 1. The van der Waals surface area contributed by atoms with Crippen molar-refractivity contribution in [2.45, 2.75) is 19.5 Å². The zero-order chi connectivity index (χ0) is 16.8. The predicted molar refractivity (Wildman–Crippen MR) is 75.1 cm³/mol. The van der Waals surface area contributed by atoms with Crippen molar-refractivity contribution < 1.29 is 22.8 Å². The minimum Gasteiger partial charge on any atom is -0.351 e. The maximum absolute atomic E-state index is 12.5. The molecule has 0 unspecified atom stereocenters. The van der Waals surface area contributed by atoms with E-state index < -0.39 is 31.2 Å². The fourth-order valence-electron chi connectivity index (χ4n) is 1.89. The van der Waals surface area contributed by atoms with E-state index in [4.69, 9.17) is 5.73 Å². The number of halogens is 3. The summed E-state index contributed by atoms with van der Waals surface area (Å²) in [5.74, 6) is -0.861. The summed E-state index contributed by atoms with van der Waals surface area (Å²) in [6.45, 7) is 0.169. The van der Waals surface area contributed by atoms with Gasteiger partial charge in [-0.3, -0.25) is 15.0 Å². The summed E-state index contributed by atoms with van der Waals surface area (Å²) in [4.78, 5) is 22.9. The number of hydrogen-bond acceptors (Lipinski definition) is 3. The van der Waals surface area contributed by atoms with Gasteiger partial charge in [-0.25, -0.2) is 4.79 Å². The summed E-state index contributed by atoms with van der Waals surface area (Å²) in [6, 6.07) is 6.29. The lowest BCUT2D eigenvalue weighted by molar-refractivity contribution is -0.148. The number of nitrogens with zero attached hydrogens (tertiary/aromatic N) is 1. The molecule has 3 N–H and O–H groups in total. The van der Waals surface area contributed by atoms with Crippen LogP contribution in [0.15, 0.2) is 24.3 Å². The van der Waals surface area contributed by atoms with Gasteiger partial charge in [0.15, 0.2) is 0 Å². The number of alkyl halides is 3. The van der Waals surface area contributed by atoms with Crippen molar-refractivity contribution in [1.29, 1.82) is 0 Å². The molecule has 0 spiro atoms. The van der Waals surface area contributed by atoms with Crippen LogP contribution in [0.1, 0.15) is 11.1 Å². The average Bonchev–Trinajstić information content (AvgIpc) is 2.35. The van der Waals surface area contributed by atoms with Gasteiger partial charge in [0.1, 0.15) is 0 Å². The molecule has 8 heteroatoms. The van der Waals surface area contributed by atoms with Gasteiger partial charge in [0.25, 0.3) is 0 Å². The van der Waals surface area contributed by atoms with E-state index in [1.165, 1.54) is 0 Å². The summed E-state index contributed by atoms with van der Waals surface area (Å²) in [7, 11) is 0. The van der Waals surface area contributed by atoms with Gasteiger partial charge < -0.3 is 5.73 Å². The van der Waals surface area contributed by atoms with E-state index in [0.29, 0.717) is 6.42 Å². The fourth-order valence-corrected chi connectivity index (χ4v) is 1.89. The van der Waals surface area contributed by atoms with E-state index in [9.17, 15) is 22.8 Å². The predicted octanol–water partition coefficient (Wildman–Crippen LogP) is 1.60. The average molecular weight is 317 g/mol. The van der Waals surface area contributed by atoms with Gasteiger partial charge in [0, 0.05) is 6.54 Å². The molecule has 0 atom stereocenters. The summed E-state index contributed by atoms with van der Waals surface area (Å²) in [6.07, 6.45) is -4.07. The van der Waals surface area contributed by atoms with E-state index in [-0.39, 0.29) is 6.54 Å². The third-order valence-corrected chi connectivity index (χ3v) is 2.87. The standard InChI is InChI=1S/C14H18F3N3O2/c1-10-2-4-11(5-3-10)6-7-20(9-14(15,16)17)8-12(21)19-13(18)22/h2-5H,6-9H2,1H3,(H3,18,19,21,22). The fraction of sp³-hybridized carbons (Fsp3) is 0.429. The minimum atomic E-state index is -4.43. The molecular formula is C14H18F3N3O2. The van der Waals surface area contributed by atoms with Crippen LogP contribution < -0.4 is 11.1 Å². The molecule has 0 bridgehead atoms. The van der Waals surface area contributed by atoms with Crippen molar-refractivity contribution in [3.05, 3.63) is 35.4 Å². The number of carbonyl (C=O) groups excluding carboxylic acids is 2. The highest BCUT2D eigenvalue weighted by Crippen LogP contribution is 2.16. The highest BCUT2D eigenvalue weighted by atomic mass is 19.4. The first-order valence-corrected chi connectivity index (χ1v) is 6.59. The number of nitrogens with one attached hydrogen (secondary N) is 1. The zero-order valence-electron chi connectivity index (χ0n) is 12.1. The van der Waals surface area contributed by atoms with Crippen molar-refractivity contribution in [1.82, 2.24) is 10.2 Å². The number of imide groups is 1. The molecule has 122 valence electrons. The maximum atomic E-state index is 12.5. The SMILES string of the molecule is Cc1ccc(CCN(CC(=O)NC(N)=O)CC(F)(F)F)cc1. The minimum absolute atomic E-state index is 0.0365. The topological polar surface area (TPSA) is 75.4 Å². The summed E-state index contributed by atoms with van der Waals surface area (Å²) in [5.41, 5.74) is 6.69. The number of amides is 3. The van der Waals surface area contributed by atoms with E-state index in [2.05, 4.69) is 0 Å². The molecule has 1 aromatic carbocycles. The number of rotatable bonds is 6. The Balaban J connectivity index is 2.63. The second kappa shape index (κ2) is 7.79. The van der Waals surface area contributed by atoms with Gasteiger partial charge in [-0.1, -0.05) is 29.8 Å². The first-order chi connectivity index (χ1) is 10.2. The van der Waals surface area contributed by atoms with Crippen LogP contribution in [0, 0.1) is 6.92 Å². The number of carbonyl (C=O) groups is 2. The quantitative estimate of drug-likeness (QED) is 0.837. The Kier molecular flexibility index (Phi) is 6.36. The molecule has 0 saturated carbocycles. The number of primary amides is 1. The first kappa shape index (κ1) is 18.0. The lowest BCUT2D eigenvalue weighted by Gasteiger charge is -2.22. The van der Waals surface area contributed by atoms with Crippen LogP contribution in [-0.2, 0) is 11.2 Å². The maximum Gasteiger partial charge on any atom is 0.401 e. The Hall–Kier alpha value is -2.09. The molecule has 1 rings (SSSR count). The molecule has 22 heavy (non-hydrogen) atoms. The van der Waals surface area contributed by atoms with E-state index in [1.54, 1.807) is 5.32 Å². The number of benzene rings is 1. The molecule has 0 heterocycles. The molecule has 0 aromatic heterocycles. The summed E-state index contributed by atoms with van der Waals surface area (Å²) >= 11 is 0. The molecule has 0 radical (unpaired) electrons. The van der Waals surface area contributed by atoms with Crippen molar-refractivity contribution in [2.75, 3.05) is 19.6 Å². The summed E-state index contributed by atoms with van der Waals surface area (Å²) in [5, 5.41) is 1.76. The molecule has 0 aliphatic rings. The van der Waals surface area contributed by atoms with E-state index in [0.717, 1.165) is 16.0 Å². The second-order valence-electron chi connectivity index (χ2n) is 4.97. The molecule has 0 aliphatic carbocycles. The van der Waals surface area contributed by atoms with Crippen molar-refractivity contribution in [2.24, 2.45) is 5.73 Å². The number of nitrogens with two attached hydrogens (primary N) is 1. The normalized spacial score (nSPS) is 11.5. The van der Waals surface area contributed by atoms with Gasteiger partial charge in [0.2, 0.25) is 5.91 Å². The molecule has 0 aliphatic heterocycles. The van der Waals surface area contributed by atoms with E-state index in [1.807, 2.05) is 31.2 Å². The Bertz CT molecular complexity index is 515. The third kappa shape index (κ3) is 7.63. The van der Waals surface area contributed by atoms with Crippen LogP contribution in [0.5, 0.6) is 0 Å². The van der Waals surface area contributed by atoms with Gasteiger partial charge in [-0.15, -0.1) is 0 Å². The Labute approximate surface area is 126 Å². The van der Waals surface area contributed by atoms with Gasteiger partial charge in [0.05, 0.1) is 13.1 Å². The van der Waals surface area contributed by atoms with Gasteiger partial charge >= 0.3 is 12.2 Å². The lowest BCUT2D eigenvalue weighted by atomic mass is 10.1. The van der Waals surface area contributed by atoms with Gasteiger partial charge in [-0.2, -0.15) is 13.2 Å². The Morgan fingerprint density at radius 1 is 1.23 bits per heavy atom. The highest BCUT2D eigenvalue weighted by Gasteiger charge is 2.31. The van der Waals surface area contributed by atoms with Gasteiger partial charge in [-0.05, 0) is 18.9 Å². The van der Waals surface area contributed by atoms with Crippen molar-refractivity contribution >= 4 is 11.9 Å². The number of hydrogen-bond donors (Lipinski definition) is 2. The van der Waals surface area contributed by atoms with Crippen LogP contribution in [0.25, 0.3) is 0 Å². The third-order valence-electron chi connectivity index (χ3n) is 2.87. The van der Waals surface area contributed by atoms with Crippen LogP contribution >= 0.6 is 0 Å². The molecule has 3 amide bonds. The first-order valence-electron chi connectivity index (χ1n) is 6.59. The highest BCUT2D eigenvalue weighted by molar-refractivity contribution is 5.94. The smallest absolute Gasteiger partial charge is 0.351 e. The molecular weight excluding hydrogens is 299 g/mol. The zero-order valence-corrected chi connectivity index (χ0v) is 12.1. The largest absolute Gasteiger partial charge is 0.401 e. The van der Waals surface area contributed by atoms with Crippen LogP contribution in [0.4, 0.5) is 18.0 Å².